The van der Waals surface area contributed by atoms with Crippen molar-refractivity contribution in [3.05, 3.63) is 0 Å². The van der Waals surface area contributed by atoms with Crippen LogP contribution in [0, 0.1) is 11.8 Å². The van der Waals surface area contributed by atoms with E-state index in [9.17, 15) is 15.0 Å². The molecule has 1 rings (SSSR count). The highest BCUT2D eigenvalue weighted by Crippen LogP contribution is 2.17. The monoisotopic (exact) mass is 289 g/mol. The molecule has 6 heteroatoms. The molecule has 0 bridgehead atoms. The molecule has 0 aliphatic carbocycles. The smallest absolute Gasteiger partial charge is 0.248 e. The lowest BCUT2D eigenvalue weighted by Gasteiger charge is -2.36. The Labute approximate surface area is 120 Å². The van der Waals surface area contributed by atoms with Crippen LogP contribution in [0.1, 0.15) is 20.8 Å². The van der Waals surface area contributed by atoms with Crippen molar-refractivity contribution in [2.45, 2.75) is 33.0 Å². The molecule has 0 aromatic carbocycles. The number of ether oxygens (including phenoxy) is 2. The lowest BCUT2D eigenvalue weighted by Crippen LogP contribution is -2.50. The first-order valence-corrected chi connectivity index (χ1v) is 7.25. The number of rotatable bonds is 7. The lowest BCUT2D eigenvalue weighted by atomic mass is 9.95. The van der Waals surface area contributed by atoms with E-state index in [4.69, 9.17) is 9.47 Å². The Balaban J connectivity index is 2.60. The molecular weight excluding hydrogens is 262 g/mol. The summed E-state index contributed by atoms with van der Waals surface area (Å²) in [6.45, 7) is 7.93. The van der Waals surface area contributed by atoms with Crippen LogP contribution in [-0.2, 0) is 14.3 Å². The zero-order valence-corrected chi connectivity index (χ0v) is 12.6. The van der Waals surface area contributed by atoms with E-state index in [1.807, 2.05) is 20.8 Å². The Kier molecular flexibility index (Phi) is 7.43. The second kappa shape index (κ2) is 8.56. The molecular formula is C14H27NO5. The number of aliphatic hydroxyl groups is 2. The molecule has 0 radical (unpaired) electrons. The number of aliphatic hydroxyl groups excluding tert-OH is 2. The molecule has 0 aromatic rings. The fraction of sp³-hybridized carbons (Fsp3) is 0.929. The number of hydrogen-bond acceptors (Lipinski definition) is 5. The summed E-state index contributed by atoms with van der Waals surface area (Å²) < 4.78 is 10.4. The van der Waals surface area contributed by atoms with Crippen molar-refractivity contribution >= 4 is 5.91 Å². The van der Waals surface area contributed by atoms with Gasteiger partial charge >= 0.3 is 0 Å². The fourth-order valence-electron chi connectivity index (χ4n) is 2.29. The van der Waals surface area contributed by atoms with Crippen LogP contribution in [0.2, 0.25) is 0 Å². The standard InChI is InChI=1S/C14H27NO5/c1-4-19-9-13(17)15(5-10(2)3)6-11-7-20-8-12(16)14(11)18/h10-12,14,16,18H,4-9H2,1-3H3/t11-,12-,14+/m1/s1. The Bertz CT molecular complexity index is 297. The maximum absolute atomic E-state index is 12.1. The second-order valence-corrected chi connectivity index (χ2v) is 5.69. The summed E-state index contributed by atoms with van der Waals surface area (Å²) in [5.74, 6) is -0.0250. The third-order valence-electron chi connectivity index (χ3n) is 3.32. The molecule has 0 saturated carbocycles. The molecule has 118 valence electrons. The Morgan fingerprint density at radius 2 is 2.10 bits per heavy atom. The zero-order valence-electron chi connectivity index (χ0n) is 12.6. The average Bonchev–Trinajstić information content (AvgIpc) is 2.39. The highest BCUT2D eigenvalue weighted by molar-refractivity contribution is 5.77. The largest absolute Gasteiger partial charge is 0.390 e. The Morgan fingerprint density at radius 1 is 1.40 bits per heavy atom. The molecule has 0 spiro atoms. The lowest BCUT2D eigenvalue weighted by molar-refractivity contribution is -0.146. The van der Waals surface area contributed by atoms with Crippen molar-refractivity contribution < 1.29 is 24.5 Å². The number of hydrogen-bond donors (Lipinski definition) is 2. The van der Waals surface area contributed by atoms with Gasteiger partial charge in [-0.2, -0.15) is 0 Å². The van der Waals surface area contributed by atoms with E-state index < -0.39 is 12.2 Å². The summed E-state index contributed by atoms with van der Waals surface area (Å²) in [5, 5.41) is 19.6. The van der Waals surface area contributed by atoms with Gasteiger partial charge in [0.1, 0.15) is 12.7 Å². The van der Waals surface area contributed by atoms with Gasteiger partial charge in [-0.25, -0.2) is 0 Å². The van der Waals surface area contributed by atoms with E-state index in [2.05, 4.69) is 0 Å². The first kappa shape index (κ1) is 17.4. The van der Waals surface area contributed by atoms with Crippen LogP contribution in [-0.4, -0.2) is 72.7 Å². The van der Waals surface area contributed by atoms with E-state index in [0.717, 1.165) is 0 Å². The van der Waals surface area contributed by atoms with Crippen LogP contribution in [0.15, 0.2) is 0 Å². The number of carbonyl (C=O) groups excluding carboxylic acids is 1. The van der Waals surface area contributed by atoms with Crippen LogP contribution in [0.3, 0.4) is 0 Å². The molecule has 1 saturated heterocycles. The fourth-order valence-corrected chi connectivity index (χ4v) is 2.29. The molecule has 2 N–H and O–H groups in total. The average molecular weight is 289 g/mol. The van der Waals surface area contributed by atoms with E-state index in [1.54, 1.807) is 4.90 Å². The quantitative estimate of drug-likeness (QED) is 0.683. The van der Waals surface area contributed by atoms with E-state index >= 15 is 0 Å². The van der Waals surface area contributed by atoms with Gasteiger partial charge in [0.15, 0.2) is 0 Å². The van der Waals surface area contributed by atoms with Crippen LogP contribution in [0.4, 0.5) is 0 Å². The Morgan fingerprint density at radius 3 is 2.70 bits per heavy atom. The number of nitrogens with zero attached hydrogens (tertiary/aromatic N) is 1. The summed E-state index contributed by atoms with van der Waals surface area (Å²) in [5.41, 5.74) is 0. The summed E-state index contributed by atoms with van der Waals surface area (Å²) in [7, 11) is 0. The van der Waals surface area contributed by atoms with Gasteiger partial charge in [0.05, 0.1) is 19.3 Å². The SMILES string of the molecule is CCOCC(=O)N(CC(C)C)C[C@@H]1COC[C@@H](O)[C@H]1O. The molecule has 0 aromatic heterocycles. The van der Waals surface area contributed by atoms with E-state index in [0.29, 0.717) is 32.2 Å². The van der Waals surface area contributed by atoms with E-state index in [1.165, 1.54) is 0 Å². The summed E-state index contributed by atoms with van der Waals surface area (Å²) in [6.07, 6.45) is -1.73. The van der Waals surface area contributed by atoms with Crippen molar-refractivity contribution in [2.24, 2.45) is 11.8 Å². The van der Waals surface area contributed by atoms with Gasteiger partial charge in [-0.05, 0) is 12.8 Å². The van der Waals surface area contributed by atoms with Crippen LogP contribution in [0.5, 0.6) is 0 Å². The van der Waals surface area contributed by atoms with Crippen molar-refractivity contribution in [3.63, 3.8) is 0 Å². The third kappa shape index (κ3) is 5.36. The predicted octanol–water partition coefficient (Wildman–Crippen LogP) is -0.124. The third-order valence-corrected chi connectivity index (χ3v) is 3.32. The zero-order chi connectivity index (χ0) is 15.1. The summed E-state index contributed by atoms with van der Waals surface area (Å²) in [4.78, 5) is 13.8. The molecule has 1 fully saturated rings. The minimum atomic E-state index is -0.878. The Hall–Kier alpha value is -0.690. The van der Waals surface area contributed by atoms with Gasteiger partial charge in [0.25, 0.3) is 0 Å². The topological polar surface area (TPSA) is 79.2 Å². The molecule has 1 aliphatic heterocycles. The van der Waals surface area contributed by atoms with Gasteiger partial charge in [0, 0.05) is 25.6 Å². The first-order chi connectivity index (χ1) is 9.45. The normalized spacial score (nSPS) is 26.8. The van der Waals surface area contributed by atoms with Gasteiger partial charge in [-0.15, -0.1) is 0 Å². The highest BCUT2D eigenvalue weighted by atomic mass is 16.5. The van der Waals surface area contributed by atoms with Crippen molar-refractivity contribution in [3.8, 4) is 0 Å². The molecule has 20 heavy (non-hydrogen) atoms. The molecule has 0 unspecified atom stereocenters. The first-order valence-electron chi connectivity index (χ1n) is 7.25. The molecule has 1 aliphatic rings. The van der Waals surface area contributed by atoms with E-state index in [-0.39, 0.29) is 25.0 Å². The van der Waals surface area contributed by atoms with Crippen LogP contribution >= 0.6 is 0 Å². The van der Waals surface area contributed by atoms with Crippen LogP contribution < -0.4 is 0 Å². The van der Waals surface area contributed by atoms with Gasteiger partial charge in [-0.3, -0.25) is 4.79 Å². The number of carbonyl (C=O) groups is 1. The van der Waals surface area contributed by atoms with Crippen molar-refractivity contribution in [1.82, 2.24) is 4.90 Å². The second-order valence-electron chi connectivity index (χ2n) is 5.69. The summed E-state index contributed by atoms with van der Waals surface area (Å²) in [6, 6.07) is 0. The predicted molar refractivity (Wildman–Crippen MR) is 74.2 cm³/mol. The summed E-state index contributed by atoms with van der Waals surface area (Å²) >= 11 is 0. The van der Waals surface area contributed by atoms with Gasteiger partial charge in [0.2, 0.25) is 5.91 Å². The molecule has 1 heterocycles. The van der Waals surface area contributed by atoms with Gasteiger partial charge in [-0.1, -0.05) is 13.8 Å². The molecule has 1 amide bonds. The maximum atomic E-state index is 12.1. The van der Waals surface area contributed by atoms with Gasteiger partial charge < -0.3 is 24.6 Å². The molecule has 3 atom stereocenters. The minimum absolute atomic E-state index is 0.0510. The van der Waals surface area contributed by atoms with Crippen LogP contribution in [0.25, 0.3) is 0 Å². The van der Waals surface area contributed by atoms with Crippen molar-refractivity contribution in [2.75, 3.05) is 39.5 Å². The highest BCUT2D eigenvalue weighted by Gasteiger charge is 2.33. The number of amides is 1. The minimum Gasteiger partial charge on any atom is -0.390 e. The maximum Gasteiger partial charge on any atom is 0.248 e. The molecule has 6 nitrogen and oxygen atoms in total. The van der Waals surface area contributed by atoms with Crippen molar-refractivity contribution in [1.29, 1.82) is 0 Å².